The first-order valence-corrected chi connectivity index (χ1v) is 11.7. The van der Waals surface area contributed by atoms with Crippen LogP contribution in [0, 0.1) is 0 Å². The fraction of sp³-hybridized carbons (Fsp3) is 0.217. The lowest BCUT2D eigenvalue weighted by Crippen LogP contribution is -2.16. The Balaban J connectivity index is 1.66. The molecule has 0 fully saturated rings. The third kappa shape index (κ3) is 4.68. The number of aromatic nitrogens is 6. The smallest absolute Gasteiger partial charge is 0.406 e. The molecule has 192 valence electrons. The fourth-order valence-electron chi connectivity index (χ4n) is 3.87. The van der Waals surface area contributed by atoms with Crippen LogP contribution < -0.4 is 4.74 Å². The first-order chi connectivity index (χ1) is 17.5. The van der Waals surface area contributed by atoms with Gasteiger partial charge in [0, 0.05) is 18.8 Å². The Morgan fingerprint density at radius 1 is 1.00 bits per heavy atom. The number of alkyl halides is 6. The number of thioether (sulfide) groups is 1. The zero-order valence-corrected chi connectivity index (χ0v) is 19.9. The van der Waals surface area contributed by atoms with Crippen LogP contribution in [0.4, 0.5) is 26.3 Å². The maximum absolute atomic E-state index is 13.2. The average molecular weight is 538 g/mol. The minimum atomic E-state index is -4.81. The summed E-state index contributed by atoms with van der Waals surface area (Å²) >= 11 is 1.40. The highest BCUT2D eigenvalue weighted by atomic mass is 32.2. The second-order valence-electron chi connectivity index (χ2n) is 7.80. The molecule has 0 amide bonds. The lowest BCUT2D eigenvalue weighted by atomic mass is 10.1. The highest BCUT2D eigenvalue weighted by Gasteiger charge is 2.33. The van der Waals surface area contributed by atoms with Crippen molar-refractivity contribution in [1.29, 1.82) is 0 Å². The lowest BCUT2D eigenvalue weighted by Gasteiger charge is -2.10. The molecule has 0 radical (unpaired) electrons. The van der Waals surface area contributed by atoms with Crippen molar-refractivity contribution in [3.05, 3.63) is 54.5 Å². The van der Waals surface area contributed by atoms with Gasteiger partial charge in [-0.1, -0.05) is 6.92 Å². The van der Waals surface area contributed by atoms with Gasteiger partial charge in [-0.3, -0.25) is 0 Å². The summed E-state index contributed by atoms with van der Waals surface area (Å²) in [6, 6.07) is 7.85. The minimum Gasteiger partial charge on any atom is -0.406 e. The van der Waals surface area contributed by atoms with Crippen LogP contribution in [-0.2, 0) is 13.2 Å². The number of aryl methyl sites for hydroxylation is 1. The van der Waals surface area contributed by atoms with Crippen LogP contribution in [0.5, 0.6) is 5.75 Å². The average Bonchev–Trinajstić information content (AvgIpc) is 3.34. The molecule has 0 unspecified atom stereocenters. The zero-order chi connectivity index (χ0) is 26.5. The Labute approximate surface area is 209 Å². The number of hydrogen-bond donors (Lipinski definition) is 0. The Morgan fingerprint density at radius 3 is 2.38 bits per heavy atom. The summed E-state index contributed by atoms with van der Waals surface area (Å²) in [5.74, 6) is 0.622. The third-order valence-corrected chi connectivity index (χ3v) is 6.28. The molecule has 0 aliphatic heterocycles. The van der Waals surface area contributed by atoms with Gasteiger partial charge < -0.3 is 9.30 Å². The Bertz CT molecular complexity index is 1610. The molecule has 0 spiro atoms. The monoisotopic (exact) mass is 538 g/mol. The van der Waals surface area contributed by atoms with Crippen LogP contribution >= 0.6 is 11.8 Å². The molecule has 0 aliphatic rings. The van der Waals surface area contributed by atoms with Gasteiger partial charge in [0.25, 0.3) is 0 Å². The summed E-state index contributed by atoms with van der Waals surface area (Å²) in [7, 11) is 1.66. The topological polar surface area (TPSA) is 70.1 Å². The Kier molecular flexibility index (Phi) is 6.01. The highest BCUT2D eigenvalue weighted by Crippen LogP contribution is 2.37. The molecular weight excluding hydrogens is 522 g/mol. The van der Waals surface area contributed by atoms with E-state index in [0.717, 1.165) is 12.3 Å². The fourth-order valence-corrected chi connectivity index (χ4v) is 4.61. The maximum atomic E-state index is 13.2. The molecule has 0 bridgehead atoms. The third-order valence-electron chi connectivity index (χ3n) is 5.43. The van der Waals surface area contributed by atoms with Crippen LogP contribution in [0.15, 0.2) is 53.8 Å². The van der Waals surface area contributed by atoms with E-state index in [9.17, 15) is 26.3 Å². The van der Waals surface area contributed by atoms with Gasteiger partial charge in [-0.15, -0.1) is 24.9 Å². The molecule has 0 N–H and O–H groups in total. The largest absolute Gasteiger partial charge is 0.573 e. The number of rotatable bonds is 5. The van der Waals surface area contributed by atoms with Crippen molar-refractivity contribution in [2.75, 3.05) is 5.75 Å². The number of benzene rings is 1. The Morgan fingerprint density at radius 2 is 1.73 bits per heavy atom. The van der Waals surface area contributed by atoms with Gasteiger partial charge in [-0.2, -0.15) is 18.3 Å². The van der Waals surface area contributed by atoms with Crippen molar-refractivity contribution in [3.63, 3.8) is 0 Å². The zero-order valence-electron chi connectivity index (χ0n) is 19.1. The van der Waals surface area contributed by atoms with Crippen molar-refractivity contribution in [2.45, 2.75) is 24.5 Å². The summed E-state index contributed by atoms with van der Waals surface area (Å²) in [6.45, 7) is 1.92. The highest BCUT2D eigenvalue weighted by molar-refractivity contribution is 7.99. The van der Waals surface area contributed by atoms with Gasteiger partial charge in [0.2, 0.25) is 0 Å². The van der Waals surface area contributed by atoms with Crippen molar-refractivity contribution in [3.8, 4) is 28.4 Å². The number of pyridine rings is 1. The molecule has 7 nitrogen and oxygen atoms in total. The van der Waals surface area contributed by atoms with E-state index < -0.39 is 18.2 Å². The van der Waals surface area contributed by atoms with E-state index in [1.165, 1.54) is 46.7 Å². The van der Waals surface area contributed by atoms with E-state index in [2.05, 4.69) is 24.8 Å². The Hall–Kier alpha value is -3.81. The van der Waals surface area contributed by atoms with Gasteiger partial charge >= 0.3 is 12.5 Å². The number of ether oxygens (including phenoxy) is 1. The quantitative estimate of drug-likeness (QED) is 0.191. The van der Waals surface area contributed by atoms with Crippen molar-refractivity contribution in [1.82, 2.24) is 29.1 Å². The second kappa shape index (κ2) is 8.94. The molecule has 14 heteroatoms. The van der Waals surface area contributed by atoms with Crippen molar-refractivity contribution >= 4 is 28.4 Å². The number of imidazole rings is 1. The van der Waals surface area contributed by atoms with Crippen LogP contribution in [0.2, 0.25) is 0 Å². The van der Waals surface area contributed by atoms with Gasteiger partial charge in [0.05, 0.1) is 28.5 Å². The predicted octanol–water partition coefficient (Wildman–Crippen LogP) is 6.37. The van der Waals surface area contributed by atoms with Gasteiger partial charge in [-0.25, -0.2) is 19.5 Å². The van der Waals surface area contributed by atoms with Crippen molar-refractivity contribution in [2.24, 2.45) is 7.05 Å². The standard InChI is InChI=1S/C23H16F6N6OS/c1-3-37-21-18(20-32-14-10-17(22(24,25)26)31-11-16(14)34(20)2)19-30-9-8-15(35(19)33-21)12-4-6-13(7-5-12)36-23(27,28)29/h4-11H,3H2,1-2H3. The molecule has 4 heterocycles. The SMILES string of the molecule is CCSc1nn2c(-c3ccc(OC(F)(F)F)cc3)ccnc2c1-c1nc2cc(C(F)(F)F)ncc2n1C. The molecule has 0 saturated heterocycles. The van der Waals surface area contributed by atoms with Crippen LogP contribution in [-0.4, -0.2) is 41.2 Å². The number of hydrogen-bond acceptors (Lipinski definition) is 6. The minimum absolute atomic E-state index is 0.114. The van der Waals surface area contributed by atoms with Gasteiger partial charge in [0.15, 0.2) is 5.65 Å². The summed E-state index contributed by atoms with van der Waals surface area (Å²) in [4.78, 5) is 12.4. The van der Waals surface area contributed by atoms with E-state index in [4.69, 9.17) is 0 Å². The van der Waals surface area contributed by atoms with E-state index in [1.807, 2.05) is 6.92 Å². The molecule has 37 heavy (non-hydrogen) atoms. The summed E-state index contributed by atoms with van der Waals surface area (Å²) in [6.07, 6.45) is -6.79. The molecular formula is C23H16F6N6OS. The number of fused-ring (bicyclic) bond motifs is 2. The van der Waals surface area contributed by atoms with Crippen molar-refractivity contribution < 1.29 is 31.1 Å². The summed E-state index contributed by atoms with van der Waals surface area (Å²) in [5, 5.41) is 5.21. The number of nitrogens with zero attached hydrogens (tertiary/aromatic N) is 6. The maximum Gasteiger partial charge on any atom is 0.573 e. The molecule has 5 aromatic rings. The van der Waals surface area contributed by atoms with E-state index in [0.29, 0.717) is 44.6 Å². The van der Waals surface area contributed by atoms with Crippen LogP contribution in [0.25, 0.3) is 39.3 Å². The number of halogens is 6. The molecule has 0 aliphatic carbocycles. The first kappa shape index (κ1) is 24.9. The summed E-state index contributed by atoms with van der Waals surface area (Å²) < 4.78 is 84.3. The predicted molar refractivity (Wildman–Crippen MR) is 124 cm³/mol. The van der Waals surface area contributed by atoms with E-state index >= 15 is 0 Å². The summed E-state index contributed by atoms with van der Waals surface area (Å²) in [5.41, 5.74) is 1.44. The normalized spacial score (nSPS) is 12.5. The molecule has 0 atom stereocenters. The molecule has 1 aromatic carbocycles. The van der Waals surface area contributed by atoms with Crippen LogP contribution in [0.3, 0.4) is 0 Å². The van der Waals surface area contributed by atoms with E-state index in [1.54, 1.807) is 17.7 Å². The molecule has 4 aromatic heterocycles. The van der Waals surface area contributed by atoms with Crippen LogP contribution in [0.1, 0.15) is 12.6 Å². The molecule has 0 saturated carbocycles. The van der Waals surface area contributed by atoms with Gasteiger partial charge in [-0.05, 0) is 42.2 Å². The first-order valence-electron chi connectivity index (χ1n) is 10.7. The molecule has 5 rings (SSSR count). The second-order valence-corrected chi connectivity index (χ2v) is 9.05. The lowest BCUT2D eigenvalue weighted by molar-refractivity contribution is -0.274. The van der Waals surface area contributed by atoms with Gasteiger partial charge in [0.1, 0.15) is 22.3 Å². The van der Waals surface area contributed by atoms with E-state index in [-0.39, 0.29) is 11.3 Å².